The van der Waals surface area contributed by atoms with Crippen LogP contribution < -0.4 is 4.74 Å². The van der Waals surface area contributed by atoms with Crippen LogP contribution in [0.2, 0.25) is 0 Å². The van der Waals surface area contributed by atoms with Gasteiger partial charge in [0.15, 0.2) is 0 Å². The van der Waals surface area contributed by atoms with E-state index >= 15 is 0 Å². The predicted molar refractivity (Wildman–Crippen MR) is 101 cm³/mol. The number of thiazole rings is 1. The van der Waals surface area contributed by atoms with Crippen LogP contribution in [0.15, 0.2) is 34.5 Å². The lowest BCUT2D eigenvalue weighted by atomic mass is 9.98. The van der Waals surface area contributed by atoms with Crippen LogP contribution in [0.1, 0.15) is 29.5 Å². The van der Waals surface area contributed by atoms with Gasteiger partial charge in [-0.25, -0.2) is 9.78 Å². The summed E-state index contributed by atoms with van der Waals surface area (Å²) in [4.78, 5) is 19.3. The van der Waals surface area contributed by atoms with Crippen LogP contribution >= 0.6 is 23.1 Å². The quantitative estimate of drug-likeness (QED) is 0.722. The summed E-state index contributed by atoms with van der Waals surface area (Å²) in [5.74, 6) is 1.28. The fourth-order valence-corrected chi connectivity index (χ4v) is 4.23. The molecule has 1 aliphatic heterocycles. The molecule has 1 aromatic carbocycles. The number of thioether (sulfide) groups is 1. The largest absolute Gasteiger partial charge is 0.487 e. The molecule has 0 bridgehead atoms. The molecule has 134 valence electrons. The number of benzene rings is 1. The molecule has 5 nitrogen and oxygen atoms in total. The Labute approximate surface area is 156 Å². The number of carbonyl (C=O) groups is 1. The van der Waals surface area contributed by atoms with E-state index in [9.17, 15) is 4.79 Å². The van der Waals surface area contributed by atoms with Gasteiger partial charge in [0, 0.05) is 29.3 Å². The molecule has 0 saturated carbocycles. The molecule has 0 aliphatic carbocycles. The molecule has 0 N–H and O–H groups in total. The zero-order valence-electron chi connectivity index (χ0n) is 14.4. The van der Waals surface area contributed by atoms with Crippen molar-refractivity contribution in [2.45, 2.75) is 30.3 Å². The summed E-state index contributed by atoms with van der Waals surface area (Å²) in [5.41, 5.74) is 0.962. The highest BCUT2D eigenvalue weighted by Crippen LogP contribution is 2.30. The Morgan fingerprint density at radius 2 is 2.04 bits per heavy atom. The van der Waals surface area contributed by atoms with Crippen molar-refractivity contribution in [2.24, 2.45) is 0 Å². The predicted octanol–water partition coefficient (Wildman–Crippen LogP) is 4.39. The van der Waals surface area contributed by atoms with Crippen molar-refractivity contribution in [2.75, 3.05) is 26.5 Å². The standard InChI is InChI=1S/C18H22N2O3S2/c1-22-18(21)20-9-7-13(8-10-20)17-19-14(12-25-17)11-23-15-3-5-16(24-2)6-4-15/h3-6,12-13H,7-11H2,1-2H3. The van der Waals surface area contributed by atoms with Gasteiger partial charge in [0.2, 0.25) is 0 Å². The summed E-state index contributed by atoms with van der Waals surface area (Å²) in [6.07, 6.45) is 3.68. The fraction of sp³-hybridized carbons (Fsp3) is 0.444. The van der Waals surface area contributed by atoms with Crippen LogP contribution in [-0.2, 0) is 11.3 Å². The molecular formula is C18H22N2O3S2. The normalized spacial score (nSPS) is 15.2. The lowest BCUT2D eigenvalue weighted by molar-refractivity contribution is 0.112. The van der Waals surface area contributed by atoms with Crippen molar-refractivity contribution in [3.8, 4) is 5.75 Å². The van der Waals surface area contributed by atoms with Crippen molar-refractivity contribution >= 4 is 29.2 Å². The maximum absolute atomic E-state index is 11.5. The van der Waals surface area contributed by atoms with Gasteiger partial charge < -0.3 is 14.4 Å². The summed E-state index contributed by atoms with van der Waals surface area (Å²) in [5, 5.41) is 3.21. The number of piperidine rings is 1. The van der Waals surface area contributed by atoms with E-state index in [1.807, 2.05) is 12.1 Å². The van der Waals surface area contributed by atoms with Crippen LogP contribution in [0.25, 0.3) is 0 Å². The molecule has 3 rings (SSSR count). The Morgan fingerprint density at radius 3 is 2.68 bits per heavy atom. The van der Waals surface area contributed by atoms with Crippen molar-refractivity contribution in [1.29, 1.82) is 0 Å². The van der Waals surface area contributed by atoms with Crippen LogP contribution in [0.4, 0.5) is 4.79 Å². The molecule has 2 heterocycles. The second-order valence-corrected chi connectivity index (χ2v) is 7.64. The maximum Gasteiger partial charge on any atom is 0.409 e. The van der Waals surface area contributed by atoms with Crippen molar-refractivity contribution in [3.05, 3.63) is 40.3 Å². The minimum absolute atomic E-state index is 0.237. The highest BCUT2D eigenvalue weighted by atomic mass is 32.2. The molecule has 0 atom stereocenters. The van der Waals surface area contributed by atoms with Gasteiger partial charge in [-0.1, -0.05) is 0 Å². The number of rotatable bonds is 5. The second kappa shape index (κ2) is 8.58. The minimum Gasteiger partial charge on any atom is -0.487 e. The number of hydrogen-bond donors (Lipinski definition) is 0. The topological polar surface area (TPSA) is 51.7 Å². The Morgan fingerprint density at radius 1 is 1.32 bits per heavy atom. The monoisotopic (exact) mass is 378 g/mol. The van der Waals surface area contributed by atoms with E-state index in [2.05, 4.69) is 23.8 Å². The van der Waals surface area contributed by atoms with Gasteiger partial charge in [0.25, 0.3) is 0 Å². The first kappa shape index (κ1) is 18.1. The third-order valence-electron chi connectivity index (χ3n) is 4.29. The highest BCUT2D eigenvalue weighted by Gasteiger charge is 2.26. The van der Waals surface area contributed by atoms with E-state index < -0.39 is 0 Å². The number of nitrogens with zero attached hydrogens (tertiary/aromatic N) is 2. The van der Waals surface area contributed by atoms with E-state index in [1.54, 1.807) is 28.0 Å². The molecule has 0 radical (unpaired) electrons. The SMILES string of the molecule is COC(=O)N1CCC(c2nc(COc3ccc(SC)cc3)cs2)CC1. The molecule has 7 heteroatoms. The molecule has 1 saturated heterocycles. The smallest absolute Gasteiger partial charge is 0.409 e. The summed E-state index contributed by atoms with van der Waals surface area (Å²) < 4.78 is 10.6. The average molecular weight is 379 g/mol. The van der Waals surface area contributed by atoms with Gasteiger partial charge in [-0.2, -0.15) is 0 Å². The Bertz CT molecular complexity index is 695. The third kappa shape index (κ3) is 4.67. The highest BCUT2D eigenvalue weighted by molar-refractivity contribution is 7.98. The van der Waals surface area contributed by atoms with Gasteiger partial charge in [0.1, 0.15) is 12.4 Å². The lowest BCUT2D eigenvalue weighted by Crippen LogP contribution is -2.37. The van der Waals surface area contributed by atoms with Crippen LogP contribution in [0.3, 0.4) is 0 Å². The van der Waals surface area contributed by atoms with E-state index in [4.69, 9.17) is 14.5 Å². The zero-order chi connectivity index (χ0) is 17.6. The van der Waals surface area contributed by atoms with Crippen molar-refractivity contribution in [3.63, 3.8) is 0 Å². The summed E-state index contributed by atoms with van der Waals surface area (Å²) in [6.45, 7) is 1.94. The first-order valence-corrected chi connectivity index (χ1v) is 10.3. The fourth-order valence-electron chi connectivity index (χ4n) is 2.84. The van der Waals surface area contributed by atoms with Crippen LogP contribution in [0.5, 0.6) is 5.75 Å². The Hall–Kier alpha value is -1.73. The average Bonchev–Trinajstić information content (AvgIpc) is 3.15. The van der Waals surface area contributed by atoms with E-state index in [1.165, 1.54) is 12.0 Å². The Kier molecular flexibility index (Phi) is 6.20. The summed E-state index contributed by atoms with van der Waals surface area (Å²) in [7, 11) is 1.43. The van der Waals surface area contributed by atoms with Gasteiger partial charge in [0.05, 0.1) is 17.8 Å². The minimum atomic E-state index is -0.237. The van der Waals surface area contributed by atoms with Crippen LogP contribution in [0, 0.1) is 0 Å². The molecule has 0 unspecified atom stereocenters. The molecule has 25 heavy (non-hydrogen) atoms. The van der Waals surface area contributed by atoms with Crippen molar-refractivity contribution < 1.29 is 14.3 Å². The number of ether oxygens (including phenoxy) is 2. The summed E-state index contributed by atoms with van der Waals surface area (Å²) >= 11 is 3.40. The molecule has 0 spiro atoms. The number of aromatic nitrogens is 1. The molecule has 1 aromatic heterocycles. The molecule has 1 aliphatic rings. The van der Waals surface area contributed by atoms with Crippen molar-refractivity contribution in [1.82, 2.24) is 9.88 Å². The van der Waals surface area contributed by atoms with Gasteiger partial charge in [-0.05, 0) is 43.4 Å². The van der Waals surface area contributed by atoms with Crippen LogP contribution in [-0.4, -0.2) is 42.4 Å². The molecule has 1 fully saturated rings. The van der Waals surface area contributed by atoms with E-state index in [0.29, 0.717) is 12.5 Å². The molecule has 2 aromatic rings. The van der Waals surface area contributed by atoms with Gasteiger partial charge in [-0.15, -0.1) is 23.1 Å². The summed E-state index contributed by atoms with van der Waals surface area (Å²) in [6, 6.07) is 8.09. The number of methoxy groups -OCH3 is 1. The number of amides is 1. The molecule has 1 amide bonds. The van der Waals surface area contributed by atoms with Gasteiger partial charge >= 0.3 is 6.09 Å². The maximum atomic E-state index is 11.5. The van der Waals surface area contributed by atoms with Gasteiger partial charge in [-0.3, -0.25) is 0 Å². The first-order valence-electron chi connectivity index (χ1n) is 8.23. The zero-order valence-corrected chi connectivity index (χ0v) is 16.1. The number of likely N-dealkylation sites (tertiary alicyclic amines) is 1. The second-order valence-electron chi connectivity index (χ2n) is 5.87. The number of carbonyl (C=O) groups excluding carboxylic acids is 1. The Balaban J connectivity index is 1.51. The molecular weight excluding hydrogens is 356 g/mol. The third-order valence-corrected chi connectivity index (χ3v) is 6.09. The van der Waals surface area contributed by atoms with E-state index in [-0.39, 0.29) is 6.09 Å². The lowest BCUT2D eigenvalue weighted by Gasteiger charge is -2.29. The van der Waals surface area contributed by atoms with E-state index in [0.717, 1.165) is 42.4 Å². The first-order chi connectivity index (χ1) is 12.2. The number of hydrogen-bond acceptors (Lipinski definition) is 6.